The number of nitrogens with two attached hydrogens (primary N) is 1. The fourth-order valence-corrected chi connectivity index (χ4v) is 1.45. The van der Waals surface area contributed by atoms with E-state index in [0.29, 0.717) is 17.2 Å². The summed E-state index contributed by atoms with van der Waals surface area (Å²) in [5.74, 6) is 0.00995. The molecule has 0 spiro atoms. The van der Waals surface area contributed by atoms with Crippen molar-refractivity contribution in [3.05, 3.63) is 41.2 Å². The molecule has 0 aliphatic rings. The highest BCUT2D eigenvalue weighted by atomic mass is 35.5. The van der Waals surface area contributed by atoms with Gasteiger partial charge in [-0.2, -0.15) is 0 Å². The second kappa shape index (κ2) is 4.24. The molecule has 0 aliphatic carbocycles. The molecule has 6 heteroatoms. The number of imidazole rings is 1. The first-order valence-corrected chi connectivity index (χ1v) is 4.91. The van der Waals surface area contributed by atoms with E-state index in [0.717, 1.165) is 0 Å². The average Bonchev–Trinajstić information content (AvgIpc) is 2.74. The van der Waals surface area contributed by atoms with Gasteiger partial charge >= 0.3 is 0 Å². The summed E-state index contributed by atoms with van der Waals surface area (Å²) in [4.78, 5) is 18.4. The summed E-state index contributed by atoms with van der Waals surface area (Å²) in [6.45, 7) is 0. The van der Waals surface area contributed by atoms with Crippen LogP contribution >= 0.6 is 11.6 Å². The van der Waals surface area contributed by atoms with Crippen LogP contribution in [-0.4, -0.2) is 15.9 Å². The fraction of sp³-hybridized carbons (Fsp3) is 0. The SMILES string of the molecule is Nc1cccc(C(=O)Nc2ncc[nH]2)c1Cl. The van der Waals surface area contributed by atoms with Gasteiger partial charge in [0.2, 0.25) is 5.95 Å². The van der Waals surface area contributed by atoms with Gasteiger partial charge < -0.3 is 10.7 Å². The van der Waals surface area contributed by atoms with Gasteiger partial charge in [-0.25, -0.2) is 4.98 Å². The number of nitrogen functional groups attached to an aromatic ring is 1. The molecular weight excluding hydrogens is 228 g/mol. The molecule has 16 heavy (non-hydrogen) atoms. The van der Waals surface area contributed by atoms with Gasteiger partial charge in [-0.05, 0) is 12.1 Å². The summed E-state index contributed by atoms with van der Waals surface area (Å²) in [6.07, 6.45) is 3.15. The highest BCUT2D eigenvalue weighted by Crippen LogP contribution is 2.23. The smallest absolute Gasteiger partial charge is 0.259 e. The average molecular weight is 237 g/mol. The molecule has 1 amide bonds. The minimum Gasteiger partial charge on any atom is -0.398 e. The Kier molecular flexibility index (Phi) is 2.78. The summed E-state index contributed by atoms with van der Waals surface area (Å²) < 4.78 is 0. The lowest BCUT2D eigenvalue weighted by Gasteiger charge is -2.05. The van der Waals surface area contributed by atoms with Gasteiger partial charge in [0.15, 0.2) is 0 Å². The fourth-order valence-electron chi connectivity index (χ4n) is 1.23. The van der Waals surface area contributed by atoms with Crippen molar-refractivity contribution in [2.45, 2.75) is 0 Å². The van der Waals surface area contributed by atoms with Crippen LogP contribution in [0.15, 0.2) is 30.6 Å². The lowest BCUT2D eigenvalue weighted by atomic mass is 10.2. The molecule has 0 fully saturated rings. The Balaban J connectivity index is 2.24. The number of rotatable bonds is 2. The highest BCUT2D eigenvalue weighted by molar-refractivity contribution is 6.36. The van der Waals surface area contributed by atoms with Crippen molar-refractivity contribution in [2.24, 2.45) is 0 Å². The van der Waals surface area contributed by atoms with Crippen molar-refractivity contribution in [1.82, 2.24) is 9.97 Å². The van der Waals surface area contributed by atoms with Gasteiger partial charge in [0.25, 0.3) is 5.91 Å². The molecule has 0 aliphatic heterocycles. The maximum absolute atomic E-state index is 11.8. The minimum atomic E-state index is -0.354. The lowest BCUT2D eigenvalue weighted by Crippen LogP contribution is -2.13. The van der Waals surface area contributed by atoms with Crippen LogP contribution in [0.5, 0.6) is 0 Å². The van der Waals surface area contributed by atoms with Gasteiger partial charge in [-0.3, -0.25) is 10.1 Å². The standard InChI is InChI=1S/C10H9ClN4O/c11-8-6(2-1-3-7(8)12)9(16)15-10-13-4-5-14-10/h1-5H,12H2,(H2,13,14,15,16). The normalized spacial score (nSPS) is 10.1. The first-order chi connectivity index (χ1) is 7.68. The second-order valence-corrected chi connectivity index (χ2v) is 3.48. The number of anilines is 2. The van der Waals surface area contributed by atoms with Gasteiger partial charge in [0.05, 0.1) is 16.3 Å². The number of hydrogen-bond donors (Lipinski definition) is 3. The van der Waals surface area contributed by atoms with Crippen molar-refractivity contribution in [3.8, 4) is 0 Å². The number of benzene rings is 1. The van der Waals surface area contributed by atoms with Crippen LogP contribution in [0.1, 0.15) is 10.4 Å². The number of H-pyrrole nitrogens is 1. The Morgan fingerprint density at radius 2 is 2.31 bits per heavy atom. The first-order valence-electron chi connectivity index (χ1n) is 4.53. The molecule has 0 unspecified atom stereocenters. The Labute approximate surface area is 96.6 Å². The van der Waals surface area contributed by atoms with Crippen molar-refractivity contribution in [1.29, 1.82) is 0 Å². The van der Waals surface area contributed by atoms with Crippen LogP contribution in [0.2, 0.25) is 5.02 Å². The molecule has 0 saturated heterocycles. The molecule has 0 saturated carbocycles. The van der Waals surface area contributed by atoms with Gasteiger partial charge in [-0.1, -0.05) is 17.7 Å². The Hall–Kier alpha value is -2.01. The number of aromatic nitrogens is 2. The number of nitrogens with zero attached hydrogens (tertiary/aromatic N) is 1. The van der Waals surface area contributed by atoms with E-state index in [1.165, 1.54) is 6.20 Å². The third kappa shape index (κ3) is 1.99. The maximum atomic E-state index is 11.8. The number of amides is 1. The predicted octanol–water partition coefficient (Wildman–Crippen LogP) is 1.90. The van der Waals surface area contributed by atoms with E-state index in [2.05, 4.69) is 15.3 Å². The highest BCUT2D eigenvalue weighted by Gasteiger charge is 2.12. The molecule has 2 aromatic rings. The third-order valence-electron chi connectivity index (χ3n) is 2.00. The first kappa shape index (κ1) is 10.5. The summed E-state index contributed by atoms with van der Waals surface area (Å²) in [6, 6.07) is 4.89. The van der Waals surface area contributed by atoms with Crippen LogP contribution in [0.3, 0.4) is 0 Å². The summed E-state index contributed by atoms with van der Waals surface area (Å²) >= 11 is 5.91. The Bertz CT molecular complexity index is 510. The molecule has 1 heterocycles. The van der Waals surface area contributed by atoms with E-state index in [-0.39, 0.29) is 10.9 Å². The number of hydrogen-bond acceptors (Lipinski definition) is 3. The molecule has 1 aromatic carbocycles. The molecule has 4 N–H and O–H groups in total. The van der Waals surface area contributed by atoms with Gasteiger partial charge in [0.1, 0.15) is 0 Å². The van der Waals surface area contributed by atoms with E-state index < -0.39 is 0 Å². The van der Waals surface area contributed by atoms with Crippen molar-refractivity contribution in [3.63, 3.8) is 0 Å². The summed E-state index contributed by atoms with van der Waals surface area (Å²) in [7, 11) is 0. The van der Waals surface area contributed by atoms with Crippen molar-refractivity contribution in [2.75, 3.05) is 11.1 Å². The molecule has 5 nitrogen and oxygen atoms in total. The molecule has 0 bridgehead atoms. The quantitative estimate of drug-likeness (QED) is 0.697. The second-order valence-electron chi connectivity index (χ2n) is 3.10. The molecule has 0 radical (unpaired) electrons. The number of carbonyl (C=O) groups is 1. The number of carbonyl (C=O) groups excluding carboxylic acids is 1. The summed E-state index contributed by atoms with van der Waals surface area (Å²) in [5, 5.41) is 2.80. The van der Waals surface area contributed by atoms with Crippen LogP contribution in [0.4, 0.5) is 11.6 Å². The number of aromatic amines is 1. The Morgan fingerprint density at radius 1 is 1.50 bits per heavy atom. The number of halogens is 1. The minimum absolute atomic E-state index is 0.242. The van der Waals surface area contributed by atoms with Crippen LogP contribution in [-0.2, 0) is 0 Å². The Morgan fingerprint density at radius 3 is 3.00 bits per heavy atom. The lowest BCUT2D eigenvalue weighted by molar-refractivity contribution is 0.102. The topological polar surface area (TPSA) is 83.8 Å². The maximum Gasteiger partial charge on any atom is 0.259 e. The summed E-state index contributed by atoms with van der Waals surface area (Å²) in [5.41, 5.74) is 6.28. The molecule has 1 aromatic heterocycles. The van der Waals surface area contributed by atoms with E-state index in [1.54, 1.807) is 24.4 Å². The van der Waals surface area contributed by atoms with Gasteiger partial charge in [0, 0.05) is 12.4 Å². The molecule has 2 rings (SSSR count). The monoisotopic (exact) mass is 236 g/mol. The van der Waals surface area contributed by atoms with Crippen LogP contribution in [0, 0.1) is 0 Å². The van der Waals surface area contributed by atoms with E-state index >= 15 is 0 Å². The van der Waals surface area contributed by atoms with Gasteiger partial charge in [-0.15, -0.1) is 0 Å². The zero-order valence-corrected chi connectivity index (χ0v) is 8.95. The predicted molar refractivity (Wildman–Crippen MR) is 62.4 cm³/mol. The van der Waals surface area contributed by atoms with E-state index in [1.807, 2.05) is 0 Å². The molecule has 82 valence electrons. The van der Waals surface area contributed by atoms with Crippen LogP contribution in [0.25, 0.3) is 0 Å². The van der Waals surface area contributed by atoms with E-state index in [9.17, 15) is 4.79 Å². The molecule has 0 atom stereocenters. The van der Waals surface area contributed by atoms with Crippen molar-refractivity contribution >= 4 is 29.1 Å². The largest absolute Gasteiger partial charge is 0.398 e. The zero-order valence-electron chi connectivity index (χ0n) is 8.20. The number of nitrogens with one attached hydrogen (secondary N) is 2. The van der Waals surface area contributed by atoms with Crippen LogP contribution < -0.4 is 11.1 Å². The third-order valence-corrected chi connectivity index (χ3v) is 2.43. The molecular formula is C10H9ClN4O. The zero-order chi connectivity index (χ0) is 11.5. The van der Waals surface area contributed by atoms with Crippen molar-refractivity contribution < 1.29 is 4.79 Å². The van der Waals surface area contributed by atoms with E-state index in [4.69, 9.17) is 17.3 Å².